The summed E-state index contributed by atoms with van der Waals surface area (Å²) >= 11 is 8.10. The van der Waals surface area contributed by atoms with Gasteiger partial charge in [-0.3, -0.25) is 0 Å². The maximum atomic E-state index is 12.8. The summed E-state index contributed by atoms with van der Waals surface area (Å²) in [5.41, 5.74) is 3.03. The van der Waals surface area contributed by atoms with E-state index in [1.165, 1.54) is 0 Å². The Morgan fingerprint density at radius 1 is 1.16 bits per heavy atom. The van der Waals surface area contributed by atoms with E-state index in [0.29, 0.717) is 13.1 Å². The molecule has 1 atom stereocenters. The van der Waals surface area contributed by atoms with Crippen molar-refractivity contribution in [2.24, 2.45) is 0 Å². The fourth-order valence-electron chi connectivity index (χ4n) is 3.12. The van der Waals surface area contributed by atoms with Gasteiger partial charge in [0.2, 0.25) is 10.0 Å². The lowest BCUT2D eigenvalue weighted by atomic mass is 10.1. The zero-order chi connectivity index (χ0) is 17.9. The van der Waals surface area contributed by atoms with Gasteiger partial charge in [0.15, 0.2) is 0 Å². The van der Waals surface area contributed by atoms with Gasteiger partial charge in [-0.1, -0.05) is 59.6 Å². The Morgan fingerprint density at radius 2 is 1.96 bits per heavy atom. The molecule has 1 aliphatic heterocycles. The highest BCUT2D eigenvalue weighted by atomic mass is 35.5. The van der Waals surface area contributed by atoms with Crippen molar-refractivity contribution in [3.63, 3.8) is 0 Å². The second kappa shape index (κ2) is 8.12. The van der Waals surface area contributed by atoms with Gasteiger partial charge in [0, 0.05) is 29.1 Å². The van der Waals surface area contributed by atoms with Crippen LogP contribution in [0.25, 0.3) is 0 Å². The quantitative estimate of drug-likeness (QED) is 0.755. The topological polar surface area (TPSA) is 37.4 Å². The molecular formula is C19H22ClNO2S2. The summed E-state index contributed by atoms with van der Waals surface area (Å²) in [5.74, 6) is 0.846. The van der Waals surface area contributed by atoms with Gasteiger partial charge in [0.05, 0.1) is 5.75 Å². The van der Waals surface area contributed by atoms with Gasteiger partial charge < -0.3 is 0 Å². The predicted octanol–water partition coefficient (Wildman–Crippen LogP) is 4.66. The van der Waals surface area contributed by atoms with Crippen LogP contribution in [-0.4, -0.2) is 31.6 Å². The number of hydrogen-bond acceptors (Lipinski definition) is 3. The number of aryl methyl sites for hydroxylation is 1. The predicted molar refractivity (Wildman–Crippen MR) is 107 cm³/mol. The lowest BCUT2D eigenvalue weighted by Crippen LogP contribution is -2.34. The van der Waals surface area contributed by atoms with Gasteiger partial charge in [0.1, 0.15) is 0 Å². The van der Waals surface area contributed by atoms with E-state index in [2.05, 4.69) is 0 Å². The van der Waals surface area contributed by atoms with E-state index >= 15 is 0 Å². The van der Waals surface area contributed by atoms with Crippen molar-refractivity contribution in [1.29, 1.82) is 0 Å². The fourth-order valence-corrected chi connectivity index (χ4v) is 6.37. The average Bonchev–Trinajstić information content (AvgIpc) is 2.81. The molecule has 1 aliphatic rings. The highest BCUT2D eigenvalue weighted by molar-refractivity contribution is 7.99. The van der Waals surface area contributed by atoms with Crippen LogP contribution in [-0.2, 0) is 15.8 Å². The van der Waals surface area contributed by atoms with Crippen molar-refractivity contribution in [3.8, 4) is 0 Å². The first kappa shape index (κ1) is 18.8. The Kier molecular flexibility index (Phi) is 6.10. The first-order chi connectivity index (χ1) is 12.0. The summed E-state index contributed by atoms with van der Waals surface area (Å²) in [5, 5.41) is 1.00. The van der Waals surface area contributed by atoms with Crippen LogP contribution in [0.15, 0.2) is 48.5 Å². The second-order valence-corrected chi connectivity index (χ2v) is 10.0. The van der Waals surface area contributed by atoms with Crippen LogP contribution in [0.5, 0.6) is 0 Å². The molecule has 0 amide bonds. The average molecular weight is 396 g/mol. The minimum Gasteiger partial charge on any atom is -0.212 e. The largest absolute Gasteiger partial charge is 0.218 e. The fraction of sp³-hybridized carbons (Fsp3) is 0.368. The SMILES string of the molecule is Cc1cccc(CS(=O)(=O)N2CCSC(c3ccccc3Cl)CC2)c1. The van der Waals surface area contributed by atoms with E-state index in [1.54, 1.807) is 16.1 Å². The molecule has 0 saturated carbocycles. The number of hydrogen-bond donors (Lipinski definition) is 0. The van der Waals surface area contributed by atoms with Gasteiger partial charge in [0.25, 0.3) is 0 Å². The number of sulfonamides is 1. The van der Waals surface area contributed by atoms with Crippen LogP contribution >= 0.6 is 23.4 Å². The molecule has 0 spiro atoms. The van der Waals surface area contributed by atoms with E-state index in [-0.39, 0.29) is 11.0 Å². The molecule has 3 rings (SSSR count). The molecule has 0 aliphatic carbocycles. The Labute approximate surface area is 159 Å². The molecule has 25 heavy (non-hydrogen) atoms. The van der Waals surface area contributed by atoms with Crippen LogP contribution in [0.1, 0.15) is 28.4 Å². The van der Waals surface area contributed by atoms with E-state index < -0.39 is 10.0 Å². The molecule has 2 aromatic rings. The molecule has 1 unspecified atom stereocenters. The Hall–Kier alpha value is -1.01. The van der Waals surface area contributed by atoms with Crippen LogP contribution < -0.4 is 0 Å². The molecule has 6 heteroatoms. The molecule has 3 nitrogen and oxygen atoms in total. The van der Waals surface area contributed by atoms with Crippen LogP contribution in [0.2, 0.25) is 5.02 Å². The lowest BCUT2D eigenvalue weighted by Gasteiger charge is -2.20. The molecule has 0 bridgehead atoms. The third-order valence-corrected chi connectivity index (χ3v) is 7.88. The summed E-state index contributed by atoms with van der Waals surface area (Å²) in [6.07, 6.45) is 0.779. The van der Waals surface area contributed by atoms with E-state index in [0.717, 1.165) is 33.9 Å². The zero-order valence-corrected chi connectivity index (χ0v) is 16.6. The number of benzene rings is 2. The summed E-state index contributed by atoms with van der Waals surface area (Å²) in [6.45, 7) is 3.07. The van der Waals surface area contributed by atoms with Crippen molar-refractivity contribution in [1.82, 2.24) is 4.31 Å². The van der Waals surface area contributed by atoms with Crippen molar-refractivity contribution in [2.75, 3.05) is 18.8 Å². The molecule has 1 fully saturated rings. The van der Waals surface area contributed by atoms with Gasteiger partial charge >= 0.3 is 0 Å². The summed E-state index contributed by atoms with van der Waals surface area (Å²) < 4.78 is 27.3. The maximum Gasteiger partial charge on any atom is 0.218 e. The highest BCUT2D eigenvalue weighted by Gasteiger charge is 2.27. The number of nitrogens with zero attached hydrogens (tertiary/aromatic N) is 1. The van der Waals surface area contributed by atoms with Gasteiger partial charge in [-0.15, -0.1) is 0 Å². The molecule has 1 saturated heterocycles. The summed E-state index contributed by atoms with van der Waals surface area (Å²) in [6, 6.07) is 15.6. The Morgan fingerprint density at radius 3 is 2.72 bits per heavy atom. The highest BCUT2D eigenvalue weighted by Crippen LogP contribution is 2.38. The molecule has 134 valence electrons. The minimum atomic E-state index is -3.31. The molecule has 0 N–H and O–H groups in total. The zero-order valence-electron chi connectivity index (χ0n) is 14.2. The van der Waals surface area contributed by atoms with E-state index in [1.807, 2.05) is 55.5 Å². The molecular weight excluding hydrogens is 374 g/mol. The molecule has 0 aromatic heterocycles. The third kappa shape index (κ3) is 4.79. The molecule has 2 aromatic carbocycles. The van der Waals surface area contributed by atoms with Crippen molar-refractivity contribution < 1.29 is 8.42 Å². The van der Waals surface area contributed by atoms with Crippen LogP contribution in [0.4, 0.5) is 0 Å². The third-order valence-electron chi connectivity index (χ3n) is 4.38. The smallest absolute Gasteiger partial charge is 0.212 e. The van der Waals surface area contributed by atoms with Gasteiger partial charge in [-0.2, -0.15) is 11.8 Å². The monoisotopic (exact) mass is 395 g/mol. The maximum absolute atomic E-state index is 12.8. The Balaban J connectivity index is 1.71. The first-order valence-corrected chi connectivity index (χ1v) is 11.4. The summed E-state index contributed by atoms with van der Waals surface area (Å²) in [4.78, 5) is 0. The normalized spacial score (nSPS) is 19.5. The van der Waals surface area contributed by atoms with Crippen LogP contribution in [0.3, 0.4) is 0 Å². The van der Waals surface area contributed by atoms with E-state index in [4.69, 9.17) is 11.6 Å². The van der Waals surface area contributed by atoms with Crippen LogP contribution in [0, 0.1) is 6.92 Å². The first-order valence-electron chi connectivity index (χ1n) is 8.35. The number of halogens is 1. The van der Waals surface area contributed by atoms with Crippen molar-refractivity contribution >= 4 is 33.4 Å². The standard InChI is InChI=1S/C19H22ClNO2S2/c1-15-5-4-6-16(13-15)14-25(22,23)21-10-9-19(24-12-11-21)17-7-2-3-8-18(17)20/h2-8,13,19H,9-12,14H2,1H3. The molecule has 1 heterocycles. The molecule has 0 radical (unpaired) electrons. The van der Waals surface area contributed by atoms with Gasteiger partial charge in [-0.05, 0) is 30.5 Å². The van der Waals surface area contributed by atoms with Crippen molar-refractivity contribution in [3.05, 3.63) is 70.2 Å². The van der Waals surface area contributed by atoms with Gasteiger partial charge in [-0.25, -0.2) is 12.7 Å². The van der Waals surface area contributed by atoms with E-state index in [9.17, 15) is 8.42 Å². The second-order valence-electron chi connectivity index (χ2n) is 6.31. The Bertz CT molecular complexity index is 839. The lowest BCUT2D eigenvalue weighted by molar-refractivity contribution is 0.427. The number of rotatable bonds is 4. The van der Waals surface area contributed by atoms with Crippen molar-refractivity contribution in [2.45, 2.75) is 24.3 Å². The number of thioether (sulfide) groups is 1. The summed E-state index contributed by atoms with van der Waals surface area (Å²) in [7, 11) is -3.31. The minimum absolute atomic E-state index is 0.0656.